The van der Waals surface area contributed by atoms with E-state index in [0.717, 1.165) is 13.1 Å². The number of halogens is 1. The Morgan fingerprint density at radius 3 is 2.55 bits per heavy atom. The number of rotatable bonds is 8. The van der Waals surface area contributed by atoms with Gasteiger partial charge in [-0.1, -0.05) is 18.2 Å². The minimum absolute atomic E-state index is 0.0968. The highest BCUT2D eigenvalue weighted by Gasteiger charge is 2.22. The molecule has 0 aliphatic carbocycles. The Bertz CT molecular complexity index is 854. The molecule has 0 spiro atoms. The van der Waals surface area contributed by atoms with E-state index in [2.05, 4.69) is 30.5 Å². The molecular weight excluding hydrogens is 397 g/mol. The van der Waals surface area contributed by atoms with Gasteiger partial charge in [0.1, 0.15) is 5.82 Å². The number of hydrogen-bond acceptors (Lipinski definition) is 5. The highest BCUT2D eigenvalue weighted by atomic mass is 19.1. The van der Waals surface area contributed by atoms with Gasteiger partial charge in [-0.15, -0.1) is 0 Å². The van der Waals surface area contributed by atoms with E-state index in [1.807, 2.05) is 17.9 Å². The second kappa shape index (κ2) is 11.8. The summed E-state index contributed by atoms with van der Waals surface area (Å²) in [4.78, 5) is 29.5. The van der Waals surface area contributed by atoms with E-state index in [9.17, 15) is 9.18 Å². The van der Waals surface area contributed by atoms with Gasteiger partial charge in [0.2, 0.25) is 11.9 Å². The van der Waals surface area contributed by atoms with Crippen LogP contribution in [0.15, 0.2) is 47.7 Å². The summed E-state index contributed by atoms with van der Waals surface area (Å²) < 4.78 is 13.7. The van der Waals surface area contributed by atoms with Crippen molar-refractivity contribution in [1.82, 2.24) is 25.5 Å². The van der Waals surface area contributed by atoms with Crippen molar-refractivity contribution in [1.29, 1.82) is 0 Å². The number of aromatic nitrogens is 2. The Hall–Kier alpha value is -3.23. The van der Waals surface area contributed by atoms with Gasteiger partial charge < -0.3 is 20.4 Å². The highest BCUT2D eigenvalue weighted by Crippen LogP contribution is 2.10. The molecule has 1 fully saturated rings. The Morgan fingerprint density at radius 1 is 1.10 bits per heavy atom. The van der Waals surface area contributed by atoms with Crippen LogP contribution in [0.3, 0.4) is 0 Å². The molecule has 2 N–H and O–H groups in total. The van der Waals surface area contributed by atoms with Crippen molar-refractivity contribution < 1.29 is 9.18 Å². The van der Waals surface area contributed by atoms with Crippen LogP contribution in [-0.4, -0.2) is 72.5 Å². The maximum absolute atomic E-state index is 13.7. The molecule has 8 nitrogen and oxygen atoms in total. The van der Waals surface area contributed by atoms with Crippen LogP contribution in [0.1, 0.15) is 18.9 Å². The fraction of sp³-hybridized carbons (Fsp3) is 0.455. The number of nitrogens with one attached hydrogen (secondary N) is 2. The number of carbonyl (C=O) groups is 1. The quantitative estimate of drug-likeness (QED) is 0.490. The van der Waals surface area contributed by atoms with Crippen LogP contribution in [0.4, 0.5) is 10.3 Å². The van der Waals surface area contributed by atoms with Crippen LogP contribution >= 0.6 is 0 Å². The number of piperazine rings is 1. The Kier molecular flexibility index (Phi) is 8.57. The first-order chi connectivity index (χ1) is 15.2. The normalized spacial score (nSPS) is 14.5. The highest BCUT2D eigenvalue weighted by molar-refractivity contribution is 5.81. The van der Waals surface area contributed by atoms with E-state index < -0.39 is 0 Å². The molecule has 2 aromatic rings. The number of anilines is 1. The summed E-state index contributed by atoms with van der Waals surface area (Å²) >= 11 is 0. The van der Waals surface area contributed by atoms with E-state index in [0.29, 0.717) is 63.0 Å². The Labute approximate surface area is 182 Å². The van der Waals surface area contributed by atoms with Crippen molar-refractivity contribution in [2.75, 3.05) is 50.7 Å². The monoisotopic (exact) mass is 427 g/mol. The maximum atomic E-state index is 13.7. The molecule has 1 amide bonds. The van der Waals surface area contributed by atoms with Crippen molar-refractivity contribution >= 4 is 17.8 Å². The number of nitrogens with zero attached hydrogens (tertiary/aromatic N) is 5. The lowest BCUT2D eigenvalue weighted by molar-refractivity contribution is -0.131. The molecule has 1 aliphatic rings. The van der Waals surface area contributed by atoms with E-state index in [-0.39, 0.29) is 11.7 Å². The molecule has 0 bridgehead atoms. The molecule has 2 heterocycles. The standard InChI is InChI=1S/C22H30FN7O/c1-2-24-21(25-12-8-18-6-3-4-7-19(18)23)26-13-9-20(31)29-14-16-30(17-15-29)22-27-10-5-11-28-22/h3-7,10-11H,2,8-9,12-17H2,1H3,(H2,24,25,26). The SMILES string of the molecule is CCNC(=NCCC(=O)N1CCN(c2ncccn2)CC1)NCCc1ccccc1F. The molecule has 0 atom stereocenters. The van der Waals surface area contributed by atoms with Crippen molar-refractivity contribution in [3.63, 3.8) is 0 Å². The van der Waals surface area contributed by atoms with Crippen LogP contribution in [0.25, 0.3) is 0 Å². The topological polar surface area (TPSA) is 85.8 Å². The molecule has 166 valence electrons. The Morgan fingerprint density at radius 2 is 1.84 bits per heavy atom. The van der Waals surface area contributed by atoms with Gasteiger partial charge in [-0.3, -0.25) is 9.79 Å². The van der Waals surface area contributed by atoms with Crippen LogP contribution < -0.4 is 15.5 Å². The number of hydrogen-bond donors (Lipinski definition) is 2. The first-order valence-electron chi connectivity index (χ1n) is 10.7. The van der Waals surface area contributed by atoms with Crippen molar-refractivity contribution in [2.24, 2.45) is 4.99 Å². The second-order valence-electron chi connectivity index (χ2n) is 7.20. The molecule has 1 aromatic heterocycles. The lowest BCUT2D eigenvalue weighted by Crippen LogP contribution is -2.49. The van der Waals surface area contributed by atoms with Gasteiger partial charge >= 0.3 is 0 Å². The first kappa shape index (κ1) is 22.5. The fourth-order valence-electron chi connectivity index (χ4n) is 3.39. The summed E-state index contributed by atoms with van der Waals surface area (Å²) in [5.74, 6) is 1.24. The third-order valence-corrected chi connectivity index (χ3v) is 5.05. The van der Waals surface area contributed by atoms with E-state index >= 15 is 0 Å². The minimum atomic E-state index is -0.198. The average molecular weight is 428 g/mol. The van der Waals surface area contributed by atoms with Gasteiger partial charge in [-0.25, -0.2) is 14.4 Å². The Balaban J connectivity index is 1.41. The number of aliphatic imine (C=N–C) groups is 1. The van der Waals surface area contributed by atoms with Crippen molar-refractivity contribution in [2.45, 2.75) is 19.8 Å². The summed E-state index contributed by atoms with van der Waals surface area (Å²) in [5.41, 5.74) is 0.668. The third-order valence-electron chi connectivity index (χ3n) is 5.05. The molecule has 1 aromatic carbocycles. The number of guanidine groups is 1. The predicted molar refractivity (Wildman–Crippen MR) is 120 cm³/mol. The zero-order chi connectivity index (χ0) is 21.9. The van der Waals surface area contributed by atoms with Gasteiger partial charge in [-0.2, -0.15) is 0 Å². The zero-order valence-electron chi connectivity index (χ0n) is 17.9. The molecule has 0 radical (unpaired) electrons. The minimum Gasteiger partial charge on any atom is -0.357 e. The second-order valence-corrected chi connectivity index (χ2v) is 7.20. The summed E-state index contributed by atoms with van der Waals surface area (Å²) in [7, 11) is 0. The number of benzene rings is 1. The fourth-order valence-corrected chi connectivity index (χ4v) is 3.39. The van der Waals surface area contributed by atoms with Gasteiger partial charge in [0.05, 0.1) is 6.54 Å². The maximum Gasteiger partial charge on any atom is 0.225 e. The van der Waals surface area contributed by atoms with E-state index in [4.69, 9.17) is 0 Å². The summed E-state index contributed by atoms with van der Waals surface area (Å²) in [6, 6.07) is 8.55. The zero-order valence-corrected chi connectivity index (χ0v) is 17.9. The predicted octanol–water partition coefficient (Wildman–Crippen LogP) is 1.45. The summed E-state index contributed by atoms with van der Waals surface area (Å²) in [5, 5.41) is 6.36. The van der Waals surface area contributed by atoms with Gasteiger partial charge in [0.15, 0.2) is 5.96 Å². The lowest BCUT2D eigenvalue weighted by atomic mass is 10.1. The van der Waals surface area contributed by atoms with Gasteiger partial charge in [0, 0.05) is 58.1 Å². The largest absolute Gasteiger partial charge is 0.357 e. The van der Waals surface area contributed by atoms with Crippen LogP contribution in [0.2, 0.25) is 0 Å². The molecule has 1 saturated heterocycles. The molecule has 31 heavy (non-hydrogen) atoms. The first-order valence-corrected chi connectivity index (χ1v) is 10.7. The number of carbonyl (C=O) groups excluding carboxylic acids is 1. The summed E-state index contributed by atoms with van der Waals surface area (Å²) in [6.07, 6.45) is 4.37. The van der Waals surface area contributed by atoms with Crippen LogP contribution in [-0.2, 0) is 11.2 Å². The van der Waals surface area contributed by atoms with E-state index in [1.54, 1.807) is 30.6 Å². The molecular formula is C22H30FN7O. The third kappa shape index (κ3) is 6.91. The molecule has 3 rings (SSSR count). The number of amides is 1. The van der Waals surface area contributed by atoms with Gasteiger partial charge in [0.25, 0.3) is 0 Å². The van der Waals surface area contributed by atoms with Crippen LogP contribution in [0, 0.1) is 5.82 Å². The molecule has 1 aliphatic heterocycles. The summed E-state index contributed by atoms with van der Waals surface area (Å²) in [6.45, 7) is 6.40. The molecule has 0 unspecified atom stereocenters. The van der Waals surface area contributed by atoms with Crippen molar-refractivity contribution in [3.8, 4) is 0 Å². The molecule has 0 saturated carbocycles. The van der Waals surface area contributed by atoms with Gasteiger partial charge in [-0.05, 0) is 31.0 Å². The van der Waals surface area contributed by atoms with E-state index in [1.165, 1.54) is 6.07 Å². The smallest absolute Gasteiger partial charge is 0.225 e. The average Bonchev–Trinajstić information content (AvgIpc) is 2.81. The lowest BCUT2D eigenvalue weighted by Gasteiger charge is -2.34. The van der Waals surface area contributed by atoms with Crippen molar-refractivity contribution in [3.05, 3.63) is 54.1 Å². The van der Waals surface area contributed by atoms with Crippen LogP contribution in [0.5, 0.6) is 0 Å². The molecule has 9 heteroatoms.